The molecule has 0 aliphatic carbocycles. The number of benzene rings is 1. The lowest BCUT2D eigenvalue weighted by molar-refractivity contribution is -0.121. The number of hydrogen-bond donors (Lipinski definition) is 2. The van der Waals surface area contributed by atoms with Crippen molar-refractivity contribution in [3.05, 3.63) is 40.3 Å². The Balaban J connectivity index is 0.00000242. The summed E-state index contributed by atoms with van der Waals surface area (Å²) in [6.45, 7) is 4.06. The second-order valence-corrected chi connectivity index (χ2v) is 5.73. The highest BCUT2D eigenvalue weighted by molar-refractivity contribution is 5.88. The van der Waals surface area contributed by atoms with E-state index >= 15 is 0 Å². The molecule has 1 heterocycles. The molecule has 6 nitrogen and oxygen atoms in total. The standard InChI is InChI=1S/C15H20N4O2.ClH/c1-15(2,9-16)17-13(20)8-12-10-6-4-5-7-11(10)14(21)19(3)18-12;/h4-7H,8-9,16H2,1-3H3,(H,17,20);1H. The van der Waals surface area contributed by atoms with Gasteiger partial charge in [0.25, 0.3) is 5.56 Å². The van der Waals surface area contributed by atoms with Gasteiger partial charge in [0.2, 0.25) is 5.91 Å². The van der Waals surface area contributed by atoms with E-state index in [-0.39, 0.29) is 30.3 Å². The van der Waals surface area contributed by atoms with Crippen molar-refractivity contribution in [3.63, 3.8) is 0 Å². The van der Waals surface area contributed by atoms with Gasteiger partial charge in [-0.2, -0.15) is 5.10 Å². The highest BCUT2D eigenvalue weighted by Gasteiger charge is 2.20. The number of carbonyl (C=O) groups is 1. The molecule has 0 aliphatic heterocycles. The number of nitrogens with zero attached hydrogens (tertiary/aromatic N) is 2. The number of hydrogen-bond acceptors (Lipinski definition) is 4. The van der Waals surface area contributed by atoms with Crippen LogP contribution in [-0.2, 0) is 18.3 Å². The largest absolute Gasteiger partial charge is 0.350 e. The quantitative estimate of drug-likeness (QED) is 0.868. The van der Waals surface area contributed by atoms with Crippen LogP contribution in [0.4, 0.5) is 0 Å². The molecule has 0 saturated heterocycles. The van der Waals surface area contributed by atoms with Crippen LogP contribution in [0, 0.1) is 0 Å². The summed E-state index contributed by atoms with van der Waals surface area (Å²) in [7, 11) is 1.58. The normalized spacial score (nSPS) is 11.1. The molecule has 0 unspecified atom stereocenters. The van der Waals surface area contributed by atoms with Gasteiger partial charge in [0.15, 0.2) is 0 Å². The third-order valence-corrected chi connectivity index (χ3v) is 3.35. The molecule has 2 rings (SSSR count). The average Bonchev–Trinajstić information content (AvgIpc) is 2.44. The molecule has 120 valence electrons. The molecule has 0 fully saturated rings. The van der Waals surface area contributed by atoms with Gasteiger partial charge >= 0.3 is 0 Å². The van der Waals surface area contributed by atoms with Gasteiger partial charge < -0.3 is 11.1 Å². The highest BCUT2D eigenvalue weighted by Crippen LogP contribution is 2.13. The maximum Gasteiger partial charge on any atom is 0.274 e. The Bertz CT molecular complexity index is 740. The summed E-state index contributed by atoms with van der Waals surface area (Å²) >= 11 is 0. The van der Waals surface area contributed by atoms with Crippen molar-refractivity contribution in [3.8, 4) is 0 Å². The van der Waals surface area contributed by atoms with Crippen molar-refractivity contribution in [1.29, 1.82) is 0 Å². The van der Waals surface area contributed by atoms with Crippen LogP contribution < -0.4 is 16.6 Å². The Morgan fingerprint density at radius 3 is 2.50 bits per heavy atom. The molecule has 0 spiro atoms. The molecule has 0 radical (unpaired) electrons. The Labute approximate surface area is 135 Å². The fourth-order valence-electron chi connectivity index (χ4n) is 2.13. The van der Waals surface area contributed by atoms with E-state index in [9.17, 15) is 9.59 Å². The summed E-state index contributed by atoms with van der Waals surface area (Å²) in [5.41, 5.74) is 5.55. The molecule has 1 aromatic carbocycles. The van der Waals surface area contributed by atoms with Crippen molar-refractivity contribution in [2.75, 3.05) is 6.54 Å². The van der Waals surface area contributed by atoms with Gasteiger partial charge in [-0.1, -0.05) is 18.2 Å². The minimum absolute atomic E-state index is 0. The van der Waals surface area contributed by atoms with Crippen LogP contribution in [0.25, 0.3) is 10.8 Å². The first-order chi connectivity index (χ1) is 9.84. The summed E-state index contributed by atoms with van der Waals surface area (Å²) in [5.74, 6) is -0.165. The lowest BCUT2D eigenvalue weighted by Crippen LogP contribution is -2.49. The van der Waals surface area contributed by atoms with Crippen LogP contribution in [0.1, 0.15) is 19.5 Å². The van der Waals surface area contributed by atoms with Gasteiger partial charge in [0.1, 0.15) is 0 Å². The average molecular weight is 325 g/mol. The zero-order valence-electron chi connectivity index (χ0n) is 12.9. The number of nitrogens with one attached hydrogen (secondary N) is 1. The zero-order chi connectivity index (χ0) is 15.6. The molecule has 0 saturated carbocycles. The first-order valence-electron chi connectivity index (χ1n) is 6.80. The molecular weight excluding hydrogens is 304 g/mol. The van der Waals surface area contributed by atoms with Gasteiger partial charge in [0.05, 0.1) is 17.5 Å². The first-order valence-corrected chi connectivity index (χ1v) is 6.80. The van der Waals surface area contributed by atoms with E-state index in [1.54, 1.807) is 25.2 Å². The van der Waals surface area contributed by atoms with E-state index in [2.05, 4.69) is 10.4 Å². The van der Waals surface area contributed by atoms with Crippen LogP contribution >= 0.6 is 12.4 Å². The Morgan fingerprint density at radius 1 is 1.32 bits per heavy atom. The minimum atomic E-state index is -0.465. The molecule has 0 atom stereocenters. The minimum Gasteiger partial charge on any atom is -0.350 e. The number of fused-ring (bicyclic) bond motifs is 1. The van der Waals surface area contributed by atoms with E-state index in [0.29, 0.717) is 23.0 Å². The second-order valence-electron chi connectivity index (χ2n) is 5.73. The van der Waals surface area contributed by atoms with Gasteiger partial charge in [-0.3, -0.25) is 9.59 Å². The van der Waals surface area contributed by atoms with Crippen LogP contribution in [-0.4, -0.2) is 27.8 Å². The number of amides is 1. The molecule has 1 aromatic heterocycles. The Kier molecular flexibility index (Phi) is 5.68. The summed E-state index contributed by atoms with van der Waals surface area (Å²) in [4.78, 5) is 24.2. The molecule has 22 heavy (non-hydrogen) atoms. The fourth-order valence-corrected chi connectivity index (χ4v) is 2.13. The van der Waals surface area contributed by atoms with E-state index in [0.717, 1.165) is 0 Å². The predicted octanol–water partition coefficient (Wildman–Crippen LogP) is 0.751. The summed E-state index contributed by atoms with van der Waals surface area (Å²) < 4.78 is 1.26. The number of aryl methyl sites for hydroxylation is 1. The van der Waals surface area contributed by atoms with E-state index in [1.807, 2.05) is 19.9 Å². The number of halogens is 1. The summed E-state index contributed by atoms with van der Waals surface area (Å²) in [6, 6.07) is 7.17. The third-order valence-electron chi connectivity index (χ3n) is 3.35. The van der Waals surface area contributed by atoms with Gasteiger partial charge in [0, 0.05) is 24.5 Å². The molecule has 1 amide bonds. The van der Waals surface area contributed by atoms with Crippen molar-refractivity contribution in [2.24, 2.45) is 12.8 Å². The number of carbonyl (C=O) groups excluding carboxylic acids is 1. The maximum absolute atomic E-state index is 12.1. The molecule has 3 N–H and O–H groups in total. The summed E-state index contributed by atoms with van der Waals surface area (Å²) in [5, 5.41) is 8.35. The van der Waals surface area contributed by atoms with Gasteiger partial charge in [-0.05, 0) is 19.9 Å². The predicted molar refractivity (Wildman–Crippen MR) is 89.2 cm³/mol. The molecule has 2 aromatic rings. The fraction of sp³-hybridized carbons (Fsp3) is 0.400. The van der Waals surface area contributed by atoms with E-state index in [4.69, 9.17) is 5.73 Å². The van der Waals surface area contributed by atoms with E-state index in [1.165, 1.54) is 4.68 Å². The molecular formula is C15H21ClN4O2. The van der Waals surface area contributed by atoms with Crippen molar-refractivity contribution in [2.45, 2.75) is 25.8 Å². The monoisotopic (exact) mass is 324 g/mol. The number of aromatic nitrogens is 2. The van der Waals surface area contributed by atoms with Crippen molar-refractivity contribution >= 4 is 29.1 Å². The van der Waals surface area contributed by atoms with Gasteiger partial charge in [-0.15, -0.1) is 12.4 Å². The van der Waals surface area contributed by atoms with E-state index < -0.39 is 5.54 Å². The van der Waals surface area contributed by atoms with Crippen LogP contribution in [0.2, 0.25) is 0 Å². The highest BCUT2D eigenvalue weighted by atomic mass is 35.5. The number of nitrogens with two attached hydrogens (primary N) is 1. The van der Waals surface area contributed by atoms with Crippen LogP contribution in [0.5, 0.6) is 0 Å². The second kappa shape index (κ2) is 6.89. The lowest BCUT2D eigenvalue weighted by Gasteiger charge is -2.24. The molecule has 0 aliphatic rings. The molecule has 0 bridgehead atoms. The zero-order valence-corrected chi connectivity index (χ0v) is 13.7. The molecule has 7 heteroatoms. The summed E-state index contributed by atoms with van der Waals surface area (Å²) in [6.07, 6.45) is 0.109. The SMILES string of the molecule is Cl.Cn1nc(CC(=O)NC(C)(C)CN)c2ccccc2c1=O. The number of rotatable bonds is 4. The lowest BCUT2D eigenvalue weighted by atomic mass is 10.0. The first kappa shape index (κ1) is 18.1. The van der Waals surface area contributed by atoms with Crippen LogP contribution in [0.3, 0.4) is 0 Å². The maximum atomic E-state index is 12.1. The van der Waals surface area contributed by atoms with Crippen molar-refractivity contribution < 1.29 is 4.79 Å². The Hall–Kier alpha value is -1.92. The van der Waals surface area contributed by atoms with Crippen molar-refractivity contribution in [1.82, 2.24) is 15.1 Å². The van der Waals surface area contributed by atoms with Gasteiger partial charge in [-0.25, -0.2) is 4.68 Å². The Morgan fingerprint density at radius 2 is 1.91 bits per heavy atom. The smallest absolute Gasteiger partial charge is 0.274 e. The van der Waals surface area contributed by atoms with Crippen LogP contribution in [0.15, 0.2) is 29.1 Å². The third kappa shape index (κ3) is 3.84. The topological polar surface area (TPSA) is 90.0 Å².